The lowest BCUT2D eigenvalue weighted by Crippen LogP contribution is -2.41. The monoisotopic (exact) mass is 500 g/mol. The van der Waals surface area contributed by atoms with E-state index in [0.29, 0.717) is 60.7 Å². The maximum absolute atomic E-state index is 13.5. The third kappa shape index (κ3) is 5.52. The molecule has 3 aromatic rings. The Labute approximate surface area is 214 Å². The van der Waals surface area contributed by atoms with Crippen LogP contribution in [0, 0.1) is 10.1 Å². The summed E-state index contributed by atoms with van der Waals surface area (Å²) < 4.78 is 5.35. The molecule has 1 aliphatic carbocycles. The van der Waals surface area contributed by atoms with Crippen molar-refractivity contribution in [3.63, 3.8) is 0 Å². The molecule has 1 saturated heterocycles. The van der Waals surface area contributed by atoms with Gasteiger partial charge >= 0.3 is 0 Å². The van der Waals surface area contributed by atoms with Gasteiger partial charge in [-0.15, -0.1) is 0 Å². The van der Waals surface area contributed by atoms with Crippen LogP contribution in [0.4, 0.5) is 17.1 Å². The number of anilines is 2. The Bertz CT molecular complexity index is 1350. The zero-order chi connectivity index (χ0) is 25.8. The van der Waals surface area contributed by atoms with Crippen molar-refractivity contribution in [1.82, 2.24) is 10.2 Å². The number of rotatable bonds is 7. The molecule has 5 rings (SSSR count). The Hall–Kier alpha value is -4.08. The van der Waals surface area contributed by atoms with Gasteiger partial charge in [0.15, 0.2) is 5.78 Å². The highest BCUT2D eigenvalue weighted by Crippen LogP contribution is 2.31. The molecule has 0 bridgehead atoms. The molecule has 0 aromatic heterocycles. The van der Waals surface area contributed by atoms with Crippen LogP contribution in [0.25, 0.3) is 0 Å². The van der Waals surface area contributed by atoms with E-state index in [1.807, 2.05) is 12.1 Å². The van der Waals surface area contributed by atoms with E-state index in [9.17, 15) is 19.7 Å². The normalized spacial score (nSPS) is 15.3. The summed E-state index contributed by atoms with van der Waals surface area (Å²) in [5, 5.41) is 17.4. The average Bonchev–Trinajstić information content (AvgIpc) is 3.05. The number of aryl methyl sites for hydroxylation is 2. The number of ether oxygens (including phenoxy) is 1. The van der Waals surface area contributed by atoms with Crippen molar-refractivity contribution >= 4 is 28.8 Å². The fraction of sp³-hybridized carbons (Fsp3) is 0.286. The third-order valence-electron chi connectivity index (χ3n) is 6.83. The van der Waals surface area contributed by atoms with Gasteiger partial charge in [-0.2, -0.15) is 0 Å². The predicted molar refractivity (Wildman–Crippen MR) is 140 cm³/mol. The summed E-state index contributed by atoms with van der Waals surface area (Å²) in [6.07, 6.45) is 1.30. The van der Waals surface area contributed by atoms with Crippen LogP contribution in [0.3, 0.4) is 0 Å². The number of hydrogen-bond acceptors (Lipinski definition) is 7. The molecule has 2 N–H and O–H groups in total. The molecule has 9 nitrogen and oxygen atoms in total. The number of nitrogens with one attached hydrogen (secondary N) is 2. The summed E-state index contributed by atoms with van der Waals surface area (Å²) in [6, 6.07) is 17.1. The predicted octanol–water partition coefficient (Wildman–Crippen LogP) is 3.73. The molecule has 2 aliphatic rings. The van der Waals surface area contributed by atoms with Gasteiger partial charge in [-0.3, -0.25) is 24.6 Å². The summed E-state index contributed by atoms with van der Waals surface area (Å²) >= 11 is 0. The van der Waals surface area contributed by atoms with Crippen LogP contribution in [0.15, 0.2) is 60.7 Å². The molecule has 9 heteroatoms. The smallest absolute Gasteiger partial charge is 0.292 e. The van der Waals surface area contributed by atoms with Gasteiger partial charge in [0.05, 0.1) is 18.1 Å². The molecule has 37 heavy (non-hydrogen) atoms. The minimum absolute atomic E-state index is 0.0170. The second kappa shape index (κ2) is 10.9. The Balaban J connectivity index is 1.31. The van der Waals surface area contributed by atoms with E-state index >= 15 is 0 Å². The first kappa shape index (κ1) is 24.6. The van der Waals surface area contributed by atoms with Gasteiger partial charge in [-0.25, -0.2) is 0 Å². The van der Waals surface area contributed by atoms with Crippen LogP contribution in [0.5, 0.6) is 0 Å². The highest BCUT2D eigenvalue weighted by atomic mass is 16.6. The van der Waals surface area contributed by atoms with Crippen molar-refractivity contribution in [2.24, 2.45) is 0 Å². The van der Waals surface area contributed by atoms with E-state index in [1.54, 1.807) is 42.5 Å². The quantitative estimate of drug-likeness (QED) is 0.375. The van der Waals surface area contributed by atoms with Gasteiger partial charge in [-0.05, 0) is 60.4 Å². The van der Waals surface area contributed by atoms with Crippen LogP contribution >= 0.6 is 0 Å². The minimum Gasteiger partial charge on any atom is -0.379 e. The van der Waals surface area contributed by atoms with Crippen LogP contribution in [-0.4, -0.2) is 60.9 Å². The first-order valence-electron chi connectivity index (χ1n) is 12.4. The summed E-state index contributed by atoms with van der Waals surface area (Å²) in [5.41, 5.74) is 4.40. The van der Waals surface area contributed by atoms with Gasteiger partial charge in [-0.1, -0.05) is 18.2 Å². The van der Waals surface area contributed by atoms with Crippen molar-refractivity contribution in [1.29, 1.82) is 0 Å². The standard InChI is InChI=1S/C28H28N4O5/c33-27-23-10-9-22(30-25-3-1-2-4-26(25)32(35)36)17-20(23)7-5-19-6-8-21(18-24(19)27)28(34)29-11-12-31-13-15-37-16-14-31/h1-4,6,8-10,17-18,30H,5,7,11-16H2,(H,29,34). The van der Waals surface area contributed by atoms with E-state index in [0.717, 1.165) is 30.8 Å². The molecule has 0 unspecified atom stereocenters. The molecule has 1 fully saturated rings. The minimum atomic E-state index is -0.428. The molecule has 3 aromatic carbocycles. The van der Waals surface area contributed by atoms with Crippen LogP contribution < -0.4 is 10.6 Å². The number of morpholine rings is 1. The highest BCUT2D eigenvalue weighted by Gasteiger charge is 2.23. The second-order valence-corrected chi connectivity index (χ2v) is 9.18. The summed E-state index contributed by atoms with van der Waals surface area (Å²) in [6.45, 7) is 4.44. The largest absolute Gasteiger partial charge is 0.379 e. The van der Waals surface area contributed by atoms with Gasteiger partial charge in [0.1, 0.15) is 5.69 Å². The van der Waals surface area contributed by atoms with E-state index < -0.39 is 4.92 Å². The molecule has 1 amide bonds. The van der Waals surface area contributed by atoms with Crippen molar-refractivity contribution in [3.8, 4) is 0 Å². The van der Waals surface area contributed by atoms with Gasteiger partial charge in [0.25, 0.3) is 11.6 Å². The highest BCUT2D eigenvalue weighted by molar-refractivity contribution is 6.12. The van der Waals surface area contributed by atoms with Gasteiger partial charge in [0, 0.05) is 54.6 Å². The van der Waals surface area contributed by atoms with Crippen molar-refractivity contribution in [3.05, 3.63) is 98.6 Å². The van der Waals surface area contributed by atoms with Crippen molar-refractivity contribution in [2.45, 2.75) is 12.8 Å². The SMILES string of the molecule is O=C(NCCN1CCOCC1)c1ccc2c(c1)C(=O)c1ccc(Nc3ccccc3[N+](=O)[O-])cc1CC2. The van der Waals surface area contributed by atoms with Crippen molar-refractivity contribution < 1.29 is 19.2 Å². The molecular formula is C28H28N4O5. The Morgan fingerprint density at radius 1 is 0.973 bits per heavy atom. The van der Waals surface area contributed by atoms with E-state index in [4.69, 9.17) is 4.74 Å². The number of nitro groups is 1. The number of nitrogens with zero attached hydrogens (tertiary/aromatic N) is 2. The summed E-state index contributed by atoms with van der Waals surface area (Å²) in [5.74, 6) is -0.319. The fourth-order valence-electron chi connectivity index (χ4n) is 4.81. The van der Waals surface area contributed by atoms with Gasteiger partial charge < -0.3 is 15.4 Å². The summed E-state index contributed by atoms with van der Waals surface area (Å²) in [7, 11) is 0. The number of hydrogen-bond donors (Lipinski definition) is 2. The van der Waals surface area contributed by atoms with Crippen LogP contribution in [-0.2, 0) is 17.6 Å². The number of fused-ring (bicyclic) bond motifs is 2. The number of amides is 1. The topological polar surface area (TPSA) is 114 Å². The first-order chi connectivity index (χ1) is 18.0. The Kier molecular flexibility index (Phi) is 7.25. The third-order valence-corrected chi connectivity index (χ3v) is 6.83. The molecule has 0 saturated carbocycles. The molecular weight excluding hydrogens is 472 g/mol. The maximum atomic E-state index is 13.5. The fourth-order valence-corrected chi connectivity index (χ4v) is 4.81. The molecule has 1 heterocycles. The number of carbonyl (C=O) groups is 2. The van der Waals surface area contributed by atoms with Crippen molar-refractivity contribution in [2.75, 3.05) is 44.7 Å². The lowest BCUT2D eigenvalue weighted by atomic mass is 9.96. The average molecular weight is 501 g/mol. The van der Waals surface area contributed by atoms with Crippen LogP contribution in [0.2, 0.25) is 0 Å². The summed E-state index contributed by atoms with van der Waals surface area (Å²) in [4.78, 5) is 39.4. The number of para-hydroxylation sites is 2. The lowest BCUT2D eigenvalue weighted by molar-refractivity contribution is -0.383. The van der Waals surface area contributed by atoms with E-state index in [2.05, 4.69) is 15.5 Å². The zero-order valence-corrected chi connectivity index (χ0v) is 20.4. The molecule has 1 aliphatic heterocycles. The second-order valence-electron chi connectivity index (χ2n) is 9.18. The van der Waals surface area contributed by atoms with E-state index in [-0.39, 0.29) is 17.4 Å². The van der Waals surface area contributed by atoms with E-state index in [1.165, 1.54) is 6.07 Å². The Morgan fingerprint density at radius 2 is 1.76 bits per heavy atom. The number of benzene rings is 3. The van der Waals surface area contributed by atoms with Gasteiger partial charge in [0.2, 0.25) is 0 Å². The number of ketones is 1. The Morgan fingerprint density at radius 3 is 2.57 bits per heavy atom. The first-order valence-corrected chi connectivity index (χ1v) is 12.4. The lowest BCUT2D eigenvalue weighted by Gasteiger charge is -2.26. The number of nitro benzene ring substituents is 1. The number of carbonyl (C=O) groups excluding carboxylic acids is 2. The molecule has 0 atom stereocenters. The molecule has 0 spiro atoms. The zero-order valence-electron chi connectivity index (χ0n) is 20.4. The molecule has 190 valence electrons. The molecule has 0 radical (unpaired) electrons. The van der Waals surface area contributed by atoms with Crippen LogP contribution in [0.1, 0.15) is 37.4 Å². The maximum Gasteiger partial charge on any atom is 0.292 e.